The van der Waals surface area contributed by atoms with Gasteiger partial charge in [0.25, 0.3) is 0 Å². The maximum Gasteiger partial charge on any atom is 0.133 e. The van der Waals surface area contributed by atoms with Crippen LogP contribution in [-0.4, -0.2) is 9.97 Å². The fourth-order valence-electron chi connectivity index (χ4n) is 1.94. The number of fused-ring (bicyclic) bond motifs is 1. The standard InChI is InChI=1S/C12H19N3/c1-12(2,3)11-14-7-8-9(13)5-4-6-10(8)15-11/h7,9H,4-6,13H2,1-3H3. The van der Waals surface area contributed by atoms with Crippen molar-refractivity contribution < 1.29 is 0 Å². The van der Waals surface area contributed by atoms with E-state index < -0.39 is 0 Å². The minimum Gasteiger partial charge on any atom is -0.324 e. The Balaban J connectivity index is 2.42. The predicted octanol–water partition coefficient (Wildman–Crippen LogP) is 2.11. The van der Waals surface area contributed by atoms with Gasteiger partial charge in [0, 0.05) is 28.9 Å². The molecule has 1 heterocycles. The molecule has 0 aliphatic heterocycles. The Morgan fingerprint density at radius 1 is 1.40 bits per heavy atom. The molecule has 0 saturated carbocycles. The number of aromatic nitrogens is 2. The summed E-state index contributed by atoms with van der Waals surface area (Å²) in [5, 5.41) is 0. The zero-order valence-corrected chi connectivity index (χ0v) is 9.75. The second-order valence-corrected chi connectivity index (χ2v) is 5.34. The molecule has 3 heteroatoms. The third-order valence-electron chi connectivity index (χ3n) is 2.90. The molecule has 0 saturated heterocycles. The summed E-state index contributed by atoms with van der Waals surface area (Å²) in [5.41, 5.74) is 8.36. The topological polar surface area (TPSA) is 51.8 Å². The number of rotatable bonds is 0. The van der Waals surface area contributed by atoms with Crippen LogP contribution in [0.4, 0.5) is 0 Å². The monoisotopic (exact) mass is 205 g/mol. The number of hydrogen-bond acceptors (Lipinski definition) is 3. The third kappa shape index (κ3) is 2.02. The normalized spacial score (nSPS) is 21.2. The maximum atomic E-state index is 6.03. The maximum absolute atomic E-state index is 6.03. The van der Waals surface area contributed by atoms with Crippen molar-refractivity contribution in [3.8, 4) is 0 Å². The van der Waals surface area contributed by atoms with Crippen molar-refractivity contribution in [1.29, 1.82) is 0 Å². The Bertz CT molecular complexity index is 366. The minimum atomic E-state index is 0.0244. The van der Waals surface area contributed by atoms with Crippen LogP contribution in [0.1, 0.15) is 56.7 Å². The zero-order chi connectivity index (χ0) is 11.1. The van der Waals surface area contributed by atoms with Gasteiger partial charge in [-0.15, -0.1) is 0 Å². The molecule has 82 valence electrons. The summed E-state index contributed by atoms with van der Waals surface area (Å²) in [6.07, 6.45) is 5.18. The van der Waals surface area contributed by atoms with E-state index in [-0.39, 0.29) is 11.5 Å². The molecule has 2 N–H and O–H groups in total. The molecule has 15 heavy (non-hydrogen) atoms. The van der Waals surface area contributed by atoms with Gasteiger partial charge in [0.15, 0.2) is 0 Å². The van der Waals surface area contributed by atoms with Crippen LogP contribution < -0.4 is 5.73 Å². The van der Waals surface area contributed by atoms with Gasteiger partial charge in [0.2, 0.25) is 0 Å². The van der Waals surface area contributed by atoms with Gasteiger partial charge in [0.05, 0.1) is 0 Å². The summed E-state index contributed by atoms with van der Waals surface area (Å²) < 4.78 is 0. The van der Waals surface area contributed by atoms with Gasteiger partial charge in [-0.25, -0.2) is 9.97 Å². The fourth-order valence-corrected chi connectivity index (χ4v) is 1.94. The van der Waals surface area contributed by atoms with Gasteiger partial charge >= 0.3 is 0 Å². The molecular weight excluding hydrogens is 186 g/mol. The summed E-state index contributed by atoms with van der Waals surface area (Å²) in [6.45, 7) is 6.41. The van der Waals surface area contributed by atoms with Gasteiger partial charge < -0.3 is 5.73 Å². The van der Waals surface area contributed by atoms with Gasteiger partial charge in [-0.05, 0) is 19.3 Å². The van der Waals surface area contributed by atoms with Gasteiger partial charge in [-0.1, -0.05) is 20.8 Å². The highest BCUT2D eigenvalue weighted by Crippen LogP contribution is 2.28. The molecule has 0 aromatic carbocycles. The van der Waals surface area contributed by atoms with E-state index in [1.807, 2.05) is 6.20 Å². The van der Waals surface area contributed by atoms with Crippen molar-refractivity contribution in [2.45, 2.75) is 51.5 Å². The Labute approximate surface area is 91.1 Å². The molecule has 2 rings (SSSR count). The average molecular weight is 205 g/mol. The average Bonchev–Trinajstić information content (AvgIpc) is 2.16. The lowest BCUT2D eigenvalue weighted by Crippen LogP contribution is -2.23. The van der Waals surface area contributed by atoms with Crippen LogP contribution in [0.3, 0.4) is 0 Å². The smallest absolute Gasteiger partial charge is 0.133 e. The van der Waals surface area contributed by atoms with E-state index in [0.717, 1.165) is 36.3 Å². The van der Waals surface area contributed by atoms with E-state index in [0.29, 0.717) is 0 Å². The molecule has 3 nitrogen and oxygen atoms in total. The van der Waals surface area contributed by atoms with Crippen LogP contribution in [0, 0.1) is 0 Å². The highest BCUT2D eigenvalue weighted by atomic mass is 14.9. The van der Waals surface area contributed by atoms with E-state index in [1.54, 1.807) is 0 Å². The molecule has 1 aliphatic rings. The van der Waals surface area contributed by atoms with Crippen LogP contribution >= 0.6 is 0 Å². The van der Waals surface area contributed by atoms with E-state index in [4.69, 9.17) is 5.73 Å². The first-order valence-corrected chi connectivity index (χ1v) is 5.60. The van der Waals surface area contributed by atoms with Crippen LogP contribution in [0.15, 0.2) is 6.20 Å². The second kappa shape index (κ2) is 3.56. The van der Waals surface area contributed by atoms with Crippen LogP contribution in [0.2, 0.25) is 0 Å². The molecule has 1 aliphatic carbocycles. The number of hydrogen-bond donors (Lipinski definition) is 1. The predicted molar refractivity (Wildman–Crippen MR) is 60.6 cm³/mol. The summed E-state index contributed by atoms with van der Waals surface area (Å²) in [4.78, 5) is 9.07. The zero-order valence-electron chi connectivity index (χ0n) is 9.75. The van der Waals surface area contributed by atoms with Crippen molar-refractivity contribution in [3.05, 3.63) is 23.3 Å². The van der Waals surface area contributed by atoms with Gasteiger partial charge in [-0.2, -0.15) is 0 Å². The van der Waals surface area contributed by atoms with Crippen molar-refractivity contribution >= 4 is 0 Å². The molecule has 0 amide bonds. The van der Waals surface area contributed by atoms with Gasteiger partial charge in [0.1, 0.15) is 5.82 Å². The van der Waals surface area contributed by atoms with E-state index in [1.165, 1.54) is 0 Å². The third-order valence-corrected chi connectivity index (χ3v) is 2.90. The lowest BCUT2D eigenvalue weighted by Gasteiger charge is -2.24. The Morgan fingerprint density at radius 2 is 2.13 bits per heavy atom. The van der Waals surface area contributed by atoms with Crippen LogP contribution in [0.5, 0.6) is 0 Å². The summed E-state index contributed by atoms with van der Waals surface area (Å²) in [7, 11) is 0. The van der Waals surface area contributed by atoms with Crippen LogP contribution in [-0.2, 0) is 11.8 Å². The SMILES string of the molecule is CC(C)(C)c1ncc2c(n1)CCCC2N. The first kappa shape index (κ1) is 10.6. The minimum absolute atomic E-state index is 0.0244. The molecule has 0 fully saturated rings. The van der Waals surface area contributed by atoms with Crippen molar-refractivity contribution in [2.75, 3.05) is 0 Å². The highest BCUT2D eigenvalue weighted by Gasteiger charge is 2.23. The molecule has 1 aromatic rings. The van der Waals surface area contributed by atoms with Crippen LogP contribution in [0.25, 0.3) is 0 Å². The number of nitrogens with two attached hydrogens (primary N) is 1. The summed E-state index contributed by atoms with van der Waals surface area (Å²) in [6, 6.07) is 0.141. The molecule has 1 unspecified atom stereocenters. The fraction of sp³-hybridized carbons (Fsp3) is 0.667. The lowest BCUT2D eigenvalue weighted by molar-refractivity contribution is 0.513. The van der Waals surface area contributed by atoms with E-state index >= 15 is 0 Å². The lowest BCUT2D eigenvalue weighted by atomic mass is 9.91. The molecular formula is C12H19N3. The highest BCUT2D eigenvalue weighted by molar-refractivity contribution is 5.25. The van der Waals surface area contributed by atoms with Crippen molar-refractivity contribution in [3.63, 3.8) is 0 Å². The summed E-state index contributed by atoms with van der Waals surface area (Å²) >= 11 is 0. The van der Waals surface area contributed by atoms with Gasteiger partial charge in [-0.3, -0.25) is 0 Å². The Morgan fingerprint density at radius 3 is 2.80 bits per heavy atom. The number of aryl methyl sites for hydroxylation is 1. The summed E-state index contributed by atoms with van der Waals surface area (Å²) in [5.74, 6) is 0.926. The first-order chi connectivity index (χ1) is 6.98. The molecule has 1 aromatic heterocycles. The Kier molecular flexibility index (Phi) is 2.51. The molecule has 0 bridgehead atoms. The van der Waals surface area contributed by atoms with Crippen molar-refractivity contribution in [1.82, 2.24) is 9.97 Å². The Hall–Kier alpha value is -0.960. The molecule has 1 atom stereocenters. The van der Waals surface area contributed by atoms with E-state index in [9.17, 15) is 0 Å². The second-order valence-electron chi connectivity index (χ2n) is 5.34. The number of nitrogens with zero attached hydrogens (tertiary/aromatic N) is 2. The largest absolute Gasteiger partial charge is 0.324 e. The first-order valence-electron chi connectivity index (χ1n) is 5.60. The van der Waals surface area contributed by atoms with E-state index in [2.05, 4.69) is 30.7 Å². The molecule has 0 radical (unpaired) electrons. The van der Waals surface area contributed by atoms with Crippen molar-refractivity contribution in [2.24, 2.45) is 5.73 Å². The molecule has 0 spiro atoms. The quantitative estimate of drug-likeness (QED) is 0.705.